The minimum atomic E-state index is 0.136. The summed E-state index contributed by atoms with van der Waals surface area (Å²) in [5, 5.41) is 2.92. The summed E-state index contributed by atoms with van der Waals surface area (Å²) >= 11 is 0. The smallest absolute Gasteiger partial charge is 0.220 e. The Balaban J connectivity index is 3.86. The monoisotopic (exact) mass is 258 g/mol. The average Bonchev–Trinajstić information content (AvgIpc) is 2.28. The van der Waals surface area contributed by atoms with E-state index in [1.54, 1.807) is 7.11 Å². The molecular weight excluding hydrogens is 228 g/mol. The lowest BCUT2D eigenvalue weighted by Crippen LogP contribution is -2.28. The molecule has 0 aliphatic carbocycles. The maximum atomic E-state index is 11.7. The van der Waals surface area contributed by atoms with Gasteiger partial charge in [0.05, 0.1) is 0 Å². The second kappa shape index (κ2) is 9.34. The van der Waals surface area contributed by atoms with Crippen molar-refractivity contribution in [3.63, 3.8) is 0 Å². The molecule has 108 valence electrons. The molecule has 0 fully saturated rings. The third-order valence-corrected chi connectivity index (χ3v) is 3.31. The van der Waals surface area contributed by atoms with Crippen LogP contribution < -0.4 is 11.1 Å². The standard InChI is InChI=1S/C14H30N2O2/c1-14(2,3)12(8-9-15)6-7-13(17)16-10-5-11-18-4/h12H,5-11,15H2,1-4H3,(H,16,17). The largest absolute Gasteiger partial charge is 0.385 e. The molecule has 0 heterocycles. The van der Waals surface area contributed by atoms with Crippen molar-refractivity contribution >= 4 is 5.91 Å². The summed E-state index contributed by atoms with van der Waals surface area (Å²) in [5.41, 5.74) is 5.85. The normalized spacial score (nSPS) is 13.4. The van der Waals surface area contributed by atoms with Gasteiger partial charge in [0, 0.05) is 26.7 Å². The SMILES string of the molecule is COCCCNC(=O)CCC(CCN)C(C)(C)C. The van der Waals surface area contributed by atoms with Crippen LogP contribution in [0, 0.1) is 11.3 Å². The first-order valence-corrected chi connectivity index (χ1v) is 6.87. The Labute approximate surface area is 112 Å². The first-order valence-electron chi connectivity index (χ1n) is 6.87. The highest BCUT2D eigenvalue weighted by molar-refractivity contribution is 5.75. The van der Waals surface area contributed by atoms with Gasteiger partial charge in [-0.3, -0.25) is 4.79 Å². The molecule has 4 nitrogen and oxygen atoms in total. The van der Waals surface area contributed by atoms with E-state index in [9.17, 15) is 4.79 Å². The number of hydrogen-bond acceptors (Lipinski definition) is 3. The van der Waals surface area contributed by atoms with Crippen molar-refractivity contribution in [2.24, 2.45) is 17.1 Å². The van der Waals surface area contributed by atoms with Gasteiger partial charge in [-0.2, -0.15) is 0 Å². The molecule has 0 aliphatic heterocycles. The molecule has 0 saturated carbocycles. The quantitative estimate of drug-likeness (QED) is 0.621. The first-order chi connectivity index (χ1) is 8.41. The third-order valence-electron chi connectivity index (χ3n) is 3.31. The van der Waals surface area contributed by atoms with Gasteiger partial charge in [-0.05, 0) is 37.1 Å². The van der Waals surface area contributed by atoms with Crippen molar-refractivity contribution in [3.8, 4) is 0 Å². The Hall–Kier alpha value is -0.610. The van der Waals surface area contributed by atoms with Crippen LogP contribution in [0.25, 0.3) is 0 Å². The maximum Gasteiger partial charge on any atom is 0.220 e. The van der Waals surface area contributed by atoms with E-state index in [0.717, 1.165) is 19.3 Å². The highest BCUT2D eigenvalue weighted by Gasteiger charge is 2.24. The third kappa shape index (κ3) is 8.48. The molecule has 3 N–H and O–H groups in total. The summed E-state index contributed by atoms with van der Waals surface area (Å²) in [6, 6.07) is 0. The molecule has 1 amide bonds. The highest BCUT2D eigenvalue weighted by Crippen LogP contribution is 2.31. The molecular formula is C14H30N2O2. The van der Waals surface area contributed by atoms with Crippen LogP contribution in [-0.4, -0.2) is 32.7 Å². The van der Waals surface area contributed by atoms with E-state index in [1.165, 1.54) is 0 Å². The van der Waals surface area contributed by atoms with Crippen LogP contribution in [-0.2, 0) is 9.53 Å². The van der Waals surface area contributed by atoms with Gasteiger partial charge in [-0.15, -0.1) is 0 Å². The zero-order valence-electron chi connectivity index (χ0n) is 12.4. The summed E-state index contributed by atoms with van der Waals surface area (Å²) < 4.78 is 4.93. The number of carbonyl (C=O) groups excluding carboxylic acids is 1. The van der Waals surface area contributed by atoms with Gasteiger partial charge < -0.3 is 15.8 Å². The Morgan fingerprint density at radius 3 is 2.50 bits per heavy atom. The molecule has 0 aromatic carbocycles. The van der Waals surface area contributed by atoms with Crippen molar-refractivity contribution in [1.82, 2.24) is 5.32 Å². The minimum absolute atomic E-state index is 0.136. The molecule has 1 atom stereocenters. The molecule has 18 heavy (non-hydrogen) atoms. The summed E-state index contributed by atoms with van der Waals surface area (Å²) in [7, 11) is 1.67. The zero-order valence-corrected chi connectivity index (χ0v) is 12.4. The van der Waals surface area contributed by atoms with Crippen molar-refractivity contribution in [2.45, 2.75) is 46.5 Å². The molecule has 0 radical (unpaired) electrons. The number of rotatable bonds is 9. The number of hydrogen-bond donors (Lipinski definition) is 2. The summed E-state index contributed by atoms with van der Waals surface area (Å²) in [5.74, 6) is 0.643. The average molecular weight is 258 g/mol. The maximum absolute atomic E-state index is 11.7. The highest BCUT2D eigenvalue weighted by atomic mass is 16.5. The van der Waals surface area contributed by atoms with Crippen molar-refractivity contribution in [1.29, 1.82) is 0 Å². The van der Waals surface area contributed by atoms with Crippen molar-refractivity contribution in [2.75, 3.05) is 26.8 Å². The summed E-state index contributed by atoms with van der Waals surface area (Å²) in [6.45, 7) is 8.72. The Morgan fingerprint density at radius 2 is 2.00 bits per heavy atom. The molecule has 0 spiro atoms. The van der Waals surface area contributed by atoms with Gasteiger partial charge in [0.1, 0.15) is 0 Å². The molecule has 1 unspecified atom stereocenters. The van der Waals surface area contributed by atoms with E-state index < -0.39 is 0 Å². The van der Waals surface area contributed by atoms with Gasteiger partial charge >= 0.3 is 0 Å². The summed E-state index contributed by atoms with van der Waals surface area (Å²) in [4.78, 5) is 11.7. The molecule has 0 saturated heterocycles. The topological polar surface area (TPSA) is 64.3 Å². The molecule has 4 heteroatoms. The van der Waals surface area contributed by atoms with E-state index in [1.807, 2.05) is 0 Å². The molecule has 0 aromatic heterocycles. The number of methoxy groups -OCH3 is 1. The lowest BCUT2D eigenvalue weighted by atomic mass is 9.76. The van der Waals surface area contributed by atoms with Gasteiger partial charge in [-0.25, -0.2) is 0 Å². The van der Waals surface area contributed by atoms with E-state index in [2.05, 4.69) is 26.1 Å². The van der Waals surface area contributed by atoms with Crippen LogP contribution >= 0.6 is 0 Å². The van der Waals surface area contributed by atoms with E-state index in [-0.39, 0.29) is 11.3 Å². The number of ether oxygens (including phenoxy) is 1. The van der Waals surface area contributed by atoms with Gasteiger partial charge in [0.25, 0.3) is 0 Å². The molecule has 0 rings (SSSR count). The first kappa shape index (κ1) is 17.4. The van der Waals surface area contributed by atoms with Crippen molar-refractivity contribution in [3.05, 3.63) is 0 Å². The number of carbonyl (C=O) groups is 1. The number of nitrogens with two attached hydrogens (primary N) is 1. The zero-order chi connectivity index (χ0) is 14.0. The molecule has 0 bridgehead atoms. The molecule has 0 aliphatic rings. The summed E-state index contributed by atoms with van der Waals surface area (Å²) in [6.07, 6.45) is 3.36. The Morgan fingerprint density at radius 1 is 1.33 bits per heavy atom. The van der Waals surface area contributed by atoms with Gasteiger partial charge in [0.2, 0.25) is 5.91 Å². The van der Waals surface area contributed by atoms with Crippen LogP contribution in [0.2, 0.25) is 0 Å². The van der Waals surface area contributed by atoms with E-state index >= 15 is 0 Å². The molecule has 0 aromatic rings. The van der Waals surface area contributed by atoms with Gasteiger partial charge in [-0.1, -0.05) is 20.8 Å². The fraction of sp³-hybridized carbons (Fsp3) is 0.929. The fourth-order valence-corrected chi connectivity index (χ4v) is 2.05. The van der Waals surface area contributed by atoms with Gasteiger partial charge in [0.15, 0.2) is 0 Å². The van der Waals surface area contributed by atoms with E-state index in [0.29, 0.717) is 32.0 Å². The van der Waals surface area contributed by atoms with Crippen LogP contribution in [0.1, 0.15) is 46.5 Å². The lowest BCUT2D eigenvalue weighted by molar-refractivity contribution is -0.121. The fourth-order valence-electron chi connectivity index (χ4n) is 2.05. The Bertz CT molecular complexity index is 224. The Kier molecular flexibility index (Phi) is 9.02. The van der Waals surface area contributed by atoms with Crippen LogP contribution in [0.4, 0.5) is 0 Å². The minimum Gasteiger partial charge on any atom is -0.385 e. The van der Waals surface area contributed by atoms with Crippen LogP contribution in [0.5, 0.6) is 0 Å². The second-order valence-corrected chi connectivity index (χ2v) is 5.88. The second-order valence-electron chi connectivity index (χ2n) is 5.88. The van der Waals surface area contributed by atoms with E-state index in [4.69, 9.17) is 10.5 Å². The predicted molar refractivity (Wildman–Crippen MR) is 75.4 cm³/mol. The van der Waals surface area contributed by atoms with Crippen LogP contribution in [0.15, 0.2) is 0 Å². The van der Waals surface area contributed by atoms with Crippen LogP contribution in [0.3, 0.4) is 0 Å². The number of nitrogens with one attached hydrogen (secondary N) is 1. The predicted octanol–water partition coefficient (Wildman–Crippen LogP) is 1.93. The van der Waals surface area contributed by atoms with Crippen molar-refractivity contribution < 1.29 is 9.53 Å². The number of amides is 1. The lowest BCUT2D eigenvalue weighted by Gasteiger charge is -2.30.